The molecule has 2 aliphatic heterocycles. The van der Waals surface area contributed by atoms with Crippen molar-refractivity contribution in [1.82, 2.24) is 13.9 Å². The first-order valence-corrected chi connectivity index (χ1v) is 5.65. The van der Waals surface area contributed by atoms with Crippen molar-refractivity contribution < 1.29 is 0 Å². The van der Waals surface area contributed by atoms with Gasteiger partial charge in [-0.2, -0.15) is 0 Å². The Morgan fingerprint density at radius 1 is 1.31 bits per heavy atom. The number of hydrogen-bond acceptors (Lipinski definition) is 4. The van der Waals surface area contributed by atoms with Gasteiger partial charge in [0, 0.05) is 24.0 Å². The smallest absolute Gasteiger partial charge is 0.189 e. The topological polar surface area (TPSA) is 47.8 Å². The van der Waals surface area contributed by atoms with E-state index in [4.69, 9.17) is 0 Å². The number of fused-ring (bicyclic) bond motifs is 2. The highest BCUT2D eigenvalue weighted by Crippen LogP contribution is 2.20. The van der Waals surface area contributed by atoms with Crippen LogP contribution in [0.15, 0.2) is 23.3 Å². The van der Waals surface area contributed by atoms with Crippen molar-refractivity contribution in [1.29, 1.82) is 0 Å². The first-order chi connectivity index (χ1) is 7.66. The van der Waals surface area contributed by atoms with Crippen molar-refractivity contribution in [3.05, 3.63) is 44.1 Å². The van der Waals surface area contributed by atoms with E-state index in [0.717, 1.165) is 21.1 Å². The molecule has 0 amide bonds. The molecule has 5 heteroatoms. The van der Waals surface area contributed by atoms with Crippen LogP contribution in [0.5, 0.6) is 0 Å². The molecule has 3 aliphatic rings. The van der Waals surface area contributed by atoms with Crippen LogP contribution in [0.2, 0.25) is 0 Å². The number of aromatic nitrogens is 3. The van der Waals surface area contributed by atoms with Gasteiger partial charge in [0.2, 0.25) is 0 Å². The first kappa shape index (κ1) is 9.47. The lowest BCUT2D eigenvalue weighted by Gasteiger charge is -2.04. The predicted octanol–water partition coefficient (Wildman–Crippen LogP) is 1.37. The van der Waals surface area contributed by atoms with Crippen molar-refractivity contribution >= 4 is 11.5 Å². The fourth-order valence-corrected chi connectivity index (χ4v) is 2.71. The Bertz CT molecular complexity index is 758. The summed E-state index contributed by atoms with van der Waals surface area (Å²) in [6.45, 7) is 1.98. The fourth-order valence-electron chi connectivity index (χ4n) is 1.74. The molecule has 0 aromatic carbocycles. The number of rotatable bonds is 0. The maximum atomic E-state index is 11.9. The van der Waals surface area contributed by atoms with Crippen LogP contribution in [0.1, 0.15) is 5.69 Å². The van der Waals surface area contributed by atoms with Crippen LogP contribution in [-0.2, 0) is 7.05 Å². The Kier molecular flexibility index (Phi) is 1.85. The Labute approximate surface area is 95.4 Å². The van der Waals surface area contributed by atoms with Crippen LogP contribution < -0.4 is 5.43 Å². The molecule has 16 heavy (non-hydrogen) atoms. The predicted molar refractivity (Wildman–Crippen MR) is 61.8 cm³/mol. The molecule has 0 unspecified atom stereocenters. The van der Waals surface area contributed by atoms with Gasteiger partial charge in [-0.1, -0.05) is 11.5 Å². The monoisotopic (exact) mass is 231 g/mol. The fraction of sp³-hybridized carbons (Fsp3) is 0.182. The maximum Gasteiger partial charge on any atom is 0.189 e. The van der Waals surface area contributed by atoms with E-state index in [-0.39, 0.29) is 5.43 Å². The molecule has 0 aromatic heterocycles. The third kappa shape index (κ3) is 1.18. The van der Waals surface area contributed by atoms with Gasteiger partial charge in [0.1, 0.15) is 12.0 Å². The lowest BCUT2D eigenvalue weighted by molar-refractivity contribution is 0.954. The van der Waals surface area contributed by atoms with E-state index in [1.54, 1.807) is 6.07 Å². The van der Waals surface area contributed by atoms with E-state index in [2.05, 4.69) is 9.97 Å². The van der Waals surface area contributed by atoms with E-state index >= 15 is 0 Å². The van der Waals surface area contributed by atoms with E-state index in [9.17, 15) is 4.79 Å². The van der Waals surface area contributed by atoms with Gasteiger partial charge in [0.25, 0.3) is 0 Å². The summed E-state index contributed by atoms with van der Waals surface area (Å²) < 4.78 is 2.93. The third-order valence-electron chi connectivity index (χ3n) is 2.70. The molecule has 0 radical (unpaired) electrons. The minimum atomic E-state index is 0.0166. The SMILES string of the molecule is Cc1cc2c(=O)cc3ncnc-3c=2sn1C. The summed E-state index contributed by atoms with van der Waals surface area (Å²) in [6, 6.07) is 3.46. The average Bonchev–Trinajstić information content (AvgIpc) is 2.69. The summed E-state index contributed by atoms with van der Waals surface area (Å²) in [5, 5.41) is 0.730. The molecular formula is C11H9N3OS. The molecule has 0 saturated carbocycles. The Morgan fingerprint density at radius 3 is 2.94 bits per heavy atom. The van der Waals surface area contributed by atoms with E-state index in [0.29, 0.717) is 5.69 Å². The van der Waals surface area contributed by atoms with Gasteiger partial charge in [-0.25, -0.2) is 9.97 Å². The van der Waals surface area contributed by atoms with Gasteiger partial charge in [0.05, 0.1) is 10.2 Å². The molecular weight excluding hydrogens is 222 g/mol. The zero-order chi connectivity index (χ0) is 11.3. The minimum Gasteiger partial charge on any atom is -0.305 e. The second kappa shape index (κ2) is 3.12. The Hall–Kier alpha value is -1.75. The van der Waals surface area contributed by atoms with Crippen LogP contribution in [-0.4, -0.2) is 13.9 Å². The van der Waals surface area contributed by atoms with Crippen LogP contribution in [0.4, 0.5) is 0 Å². The molecule has 0 spiro atoms. The highest BCUT2D eigenvalue weighted by atomic mass is 32.1. The van der Waals surface area contributed by atoms with Crippen LogP contribution in [0.3, 0.4) is 0 Å². The van der Waals surface area contributed by atoms with Gasteiger partial charge >= 0.3 is 0 Å². The largest absolute Gasteiger partial charge is 0.305 e. The lowest BCUT2D eigenvalue weighted by Crippen LogP contribution is -2.06. The van der Waals surface area contributed by atoms with Crippen molar-refractivity contribution in [3.63, 3.8) is 0 Å². The van der Waals surface area contributed by atoms with Gasteiger partial charge in [-0.05, 0) is 13.0 Å². The molecule has 0 fully saturated rings. The number of aryl methyl sites for hydroxylation is 2. The summed E-state index contributed by atoms with van der Waals surface area (Å²) in [7, 11) is 1.97. The van der Waals surface area contributed by atoms with Gasteiger partial charge in [-0.15, -0.1) is 0 Å². The van der Waals surface area contributed by atoms with Crippen molar-refractivity contribution in [2.45, 2.75) is 6.92 Å². The lowest BCUT2D eigenvalue weighted by atomic mass is 10.2. The molecule has 3 rings (SSSR count). The van der Waals surface area contributed by atoms with Crippen molar-refractivity contribution in [3.8, 4) is 11.4 Å². The van der Waals surface area contributed by atoms with Crippen LogP contribution in [0, 0.1) is 16.7 Å². The number of nitrogens with zero attached hydrogens (tertiary/aromatic N) is 3. The maximum absolute atomic E-state index is 11.9. The second-order valence-corrected chi connectivity index (χ2v) is 4.87. The Morgan fingerprint density at radius 2 is 2.12 bits per heavy atom. The molecule has 0 saturated heterocycles. The first-order valence-electron chi connectivity index (χ1n) is 4.88. The standard InChI is InChI=1S/C11H9N3OS/c1-6-3-7-9(15)4-8-10(13-5-12-8)11(7)16-14(6)2/h3-5H,1-2H3. The van der Waals surface area contributed by atoms with Gasteiger partial charge in [-0.3, -0.25) is 4.79 Å². The highest BCUT2D eigenvalue weighted by Gasteiger charge is 2.12. The summed E-state index contributed by atoms with van der Waals surface area (Å²) in [4.78, 5) is 20.2. The zero-order valence-electron chi connectivity index (χ0n) is 8.89. The molecule has 0 bridgehead atoms. The molecule has 2 heterocycles. The van der Waals surface area contributed by atoms with Crippen molar-refractivity contribution in [2.24, 2.45) is 7.05 Å². The summed E-state index contributed by atoms with van der Waals surface area (Å²) in [6.07, 6.45) is 1.50. The van der Waals surface area contributed by atoms with E-state index in [1.807, 2.05) is 24.0 Å². The molecule has 1 aliphatic carbocycles. The van der Waals surface area contributed by atoms with Crippen molar-refractivity contribution in [2.75, 3.05) is 0 Å². The average molecular weight is 231 g/mol. The van der Waals surface area contributed by atoms with Gasteiger partial charge in [0.15, 0.2) is 5.43 Å². The van der Waals surface area contributed by atoms with Gasteiger partial charge < -0.3 is 3.96 Å². The second-order valence-electron chi connectivity index (χ2n) is 3.73. The molecule has 0 aromatic rings. The molecule has 0 N–H and O–H groups in total. The van der Waals surface area contributed by atoms with E-state index < -0.39 is 0 Å². The van der Waals surface area contributed by atoms with Crippen LogP contribution >= 0.6 is 11.5 Å². The zero-order valence-corrected chi connectivity index (χ0v) is 9.71. The molecule has 80 valence electrons. The number of imidazole rings is 1. The summed E-state index contributed by atoms with van der Waals surface area (Å²) in [5.41, 5.74) is 2.57. The highest BCUT2D eigenvalue weighted by molar-refractivity contribution is 7.04. The third-order valence-corrected chi connectivity index (χ3v) is 3.86. The van der Waals surface area contributed by atoms with E-state index in [1.165, 1.54) is 17.9 Å². The summed E-state index contributed by atoms with van der Waals surface area (Å²) in [5.74, 6) is 0. The molecule has 0 atom stereocenters. The summed E-state index contributed by atoms with van der Waals surface area (Å²) >= 11 is 1.53. The normalized spacial score (nSPS) is 11.4. The quantitative estimate of drug-likeness (QED) is 0.587. The molecule has 4 nitrogen and oxygen atoms in total. The number of hydrogen-bond donors (Lipinski definition) is 0. The van der Waals surface area contributed by atoms with Crippen LogP contribution in [0.25, 0.3) is 11.4 Å². The Balaban J connectivity index is 2.69. The minimum absolute atomic E-state index is 0.0166.